The Morgan fingerprint density at radius 3 is 1.43 bits per heavy atom. The van der Waals surface area contributed by atoms with Gasteiger partial charge in [-0.15, -0.1) is 0 Å². The molecule has 0 aliphatic carbocycles. The Balaban J connectivity index is 1.51. The predicted octanol–water partition coefficient (Wildman–Crippen LogP) is 6.12. The van der Waals surface area contributed by atoms with Gasteiger partial charge in [-0.05, 0) is 83.9 Å². The summed E-state index contributed by atoms with van der Waals surface area (Å²) in [5, 5.41) is -1.13. The van der Waals surface area contributed by atoms with Crippen molar-refractivity contribution in [2.75, 3.05) is 26.4 Å². The van der Waals surface area contributed by atoms with Gasteiger partial charge in [-0.1, -0.05) is 18.2 Å². The summed E-state index contributed by atoms with van der Waals surface area (Å²) in [6, 6.07) is 20.9. The second-order valence-electron chi connectivity index (χ2n) is 6.81. The minimum absolute atomic E-state index is 0.0435. The summed E-state index contributed by atoms with van der Waals surface area (Å²) in [6.07, 6.45) is 0. The number of benzene rings is 3. The molecule has 3 aromatic rings. The lowest BCUT2D eigenvalue weighted by Crippen LogP contribution is -2.12. The minimum atomic E-state index is -4.01. The maximum Gasteiger partial charge on any atom is 0.530 e. The van der Waals surface area contributed by atoms with Crippen LogP contribution in [0.1, 0.15) is 20.7 Å². The van der Waals surface area contributed by atoms with E-state index in [0.717, 1.165) is 0 Å². The summed E-state index contributed by atoms with van der Waals surface area (Å²) < 4.78 is 40.5. The van der Waals surface area contributed by atoms with Crippen molar-refractivity contribution in [1.29, 1.82) is 0 Å². The zero-order valence-electron chi connectivity index (χ0n) is 18.3. The van der Waals surface area contributed by atoms with Crippen LogP contribution >= 0.6 is 31.0 Å². The van der Waals surface area contributed by atoms with Crippen LogP contribution < -0.4 is 14.0 Å². The van der Waals surface area contributed by atoms with E-state index in [0.29, 0.717) is 28.4 Å². The first-order valence-electron chi connectivity index (χ1n) is 10.3. The third kappa shape index (κ3) is 9.02. The Bertz CT molecular complexity index is 1080. The van der Waals surface area contributed by atoms with E-state index in [2.05, 4.69) is 0 Å². The molecule has 0 aliphatic rings. The summed E-state index contributed by atoms with van der Waals surface area (Å²) in [6.45, 7) is -0.117. The molecule has 35 heavy (non-hydrogen) atoms. The zero-order chi connectivity index (χ0) is 25.1. The number of para-hydroxylation sites is 1. The number of carbonyl (C=O) groups is 2. The molecule has 184 valence electrons. The Hall–Kier alpha value is -2.87. The average molecular weight is 539 g/mol. The number of ether oxygens (including phenoxy) is 2. The van der Waals surface area contributed by atoms with Crippen LogP contribution in [0.4, 0.5) is 0 Å². The molecule has 0 N–H and O–H groups in total. The van der Waals surface area contributed by atoms with Gasteiger partial charge in [0.15, 0.2) is 0 Å². The van der Waals surface area contributed by atoms with E-state index in [4.69, 9.17) is 46.2 Å². The van der Waals surface area contributed by atoms with Gasteiger partial charge in [0.25, 0.3) is 10.5 Å². The zero-order valence-corrected chi connectivity index (χ0v) is 20.7. The van der Waals surface area contributed by atoms with Crippen molar-refractivity contribution in [1.82, 2.24) is 0 Å². The first-order chi connectivity index (χ1) is 16.8. The second-order valence-corrected chi connectivity index (χ2v) is 9.09. The number of rotatable bonds is 14. The van der Waals surface area contributed by atoms with E-state index >= 15 is 0 Å². The van der Waals surface area contributed by atoms with Crippen LogP contribution in [-0.2, 0) is 13.6 Å². The quantitative estimate of drug-likeness (QED) is 0.137. The van der Waals surface area contributed by atoms with Crippen LogP contribution in [0.5, 0.6) is 17.2 Å². The third-order valence-electron chi connectivity index (χ3n) is 4.33. The molecule has 11 heteroatoms. The van der Waals surface area contributed by atoms with Crippen LogP contribution in [-0.4, -0.2) is 36.9 Å². The molecule has 0 fully saturated rings. The summed E-state index contributed by atoms with van der Waals surface area (Å²) in [7, 11) is -4.01. The van der Waals surface area contributed by atoms with Gasteiger partial charge in [-0.2, -0.15) is 0 Å². The fourth-order valence-electron chi connectivity index (χ4n) is 2.68. The highest BCUT2D eigenvalue weighted by Gasteiger charge is 2.28. The standard InChI is InChI=1S/C24H21Cl2O8P/c25-23(27)18-6-10-20(11-7-18)30-14-16-32-35(29,34-22-4-2-1-3-5-22)33-17-15-31-21-12-8-19(9-13-21)24(26)28/h1-13H,14-17H2. The maximum absolute atomic E-state index is 13.2. The number of halogens is 2. The van der Waals surface area contributed by atoms with Gasteiger partial charge >= 0.3 is 7.82 Å². The van der Waals surface area contributed by atoms with Crippen molar-refractivity contribution in [2.24, 2.45) is 0 Å². The van der Waals surface area contributed by atoms with E-state index < -0.39 is 18.3 Å². The molecular weight excluding hydrogens is 518 g/mol. The summed E-state index contributed by atoms with van der Waals surface area (Å²) >= 11 is 10.8. The number of phosphoric acid groups is 1. The monoisotopic (exact) mass is 538 g/mol. The lowest BCUT2D eigenvalue weighted by atomic mass is 10.2. The molecule has 8 nitrogen and oxygen atoms in total. The second kappa shape index (κ2) is 13.3. The van der Waals surface area contributed by atoms with Crippen molar-refractivity contribution in [2.45, 2.75) is 0 Å². The summed E-state index contributed by atoms with van der Waals surface area (Å²) in [4.78, 5) is 22.2. The van der Waals surface area contributed by atoms with Gasteiger partial charge in [0.05, 0.1) is 13.2 Å². The highest BCUT2D eigenvalue weighted by atomic mass is 35.5. The van der Waals surface area contributed by atoms with Gasteiger partial charge < -0.3 is 14.0 Å². The number of carbonyl (C=O) groups excluding carboxylic acids is 2. The fourth-order valence-corrected chi connectivity index (χ4v) is 4.09. The van der Waals surface area contributed by atoms with E-state index in [-0.39, 0.29) is 26.4 Å². The van der Waals surface area contributed by atoms with Crippen molar-refractivity contribution < 1.29 is 37.2 Å². The van der Waals surface area contributed by atoms with Crippen molar-refractivity contribution in [3.63, 3.8) is 0 Å². The normalized spacial score (nSPS) is 11.0. The first-order valence-corrected chi connectivity index (χ1v) is 12.6. The highest BCUT2D eigenvalue weighted by molar-refractivity contribution is 7.48. The molecule has 3 rings (SSSR count). The maximum atomic E-state index is 13.2. The van der Waals surface area contributed by atoms with Crippen molar-refractivity contribution in [3.05, 3.63) is 90.0 Å². The third-order valence-corrected chi connectivity index (χ3v) is 6.19. The smallest absolute Gasteiger partial charge is 0.491 e. The summed E-state index contributed by atoms with van der Waals surface area (Å²) in [5.74, 6) is 1.26. The Morgan fingerprint density at radius 2 is 1.03 bits per heavy atom. The lowest BCUT2D eigenvalue weighted by molar-refractivity contribution is 0.107. The molecule has 0 amide bonds. The van der Waals surface area contributed by atoms with Crippen LogP contribution in [0.3, 0.4) is 0 Å². The van der Waals surface area contributed by atoms with E-state index in [1.807, 2.05) is 0 Å². The summed E-state index contributed by atoms with van der Waals surface area (Å²) in [5.41, 5.74) is 0.685. The fraction of sp³-hybridized carbons (Fsp3) is 0.167. The number of hydrogen-bond donors (Lipinski definition) is 0. The van der Waals surface area contributed by atoms with E-state index in [1.54, 1.807) is 54.6 Å². The first kappa shape index (κ1) is 26.7. The molecule has 0 radical (unpaired) electrons. The molecule has 0 bridgehead atoms. The van der Waals surface area contributed by atoms with E-state index in [9.17, 15) is 14.2 Å². The molecule has 0 saturated heterocycles. The SMILES string of the molecule is O=C(Cl)c1ccc(OCCOP(=O)(OCCOc2ccc(C(=O)Cl)cc2)Oc2ccccc2)cc1. The van der Waals surface area contributed by atoms with Crippen molar-refractivity contribution in [3.8, 4) is 17.2 Å². The Kier molecular flexibility index (Phi) is 10.1. The van der Waals surface area contributed by atoms with Gasteiger partial charge in [0, 0.05) is 11.1 Å². The van der Waals surface area contributed by atoms with Gasteiger partial charge in [0.1, 0.15) is 30.5 Å². The molecule has 0 aliphatic heterocycles. The van der Waals surface area contributed by atoms with Crippen molar-refractivity contribution >= 4 is 41.5 Å². The Labute approximate surface area is 212 Å². The minimum Gasteiger partial charge on any atom is -0.491 e. The molecule has 0 heterocycles. The van der Waals surface area contributed by atoms with Gasteiger partial charge in [-0.3, -0.25) is 18.6 Å². The molecule has 0 atom stereocenters. The molecule has 0 unspecified atom stereocenters. The van der Waals surface area contributed by atoms with Gasteiger partial charge in [-0.25, -0.2) is 4.57 Å². The van der Waals surface area contributed by atoms with Crippen LogP contribution in [0.25, 0.3) is 0 Å². The number of hydrogen-bond acceptors (Lipinski definition) is 8. The van der Waals surface area contributed by atoms with Crippen LogP contribution in [0.15, 0.2) is 78.9 Å². The highest BCUT2D eigenvalue weighted by Crippen LogP contribution is 2.49. The van der Waals surface area contributed by atoms with Crippen LogP contribution in [0, 0.1) is 0 Å². The largest absolute Gasteiger partial charge is 0.530 e. The van der Waals surface area contributed by atoms with E-state index in [1.165, 1.54) is 24.3 Å². The molecule has 0 saturated carbocycles. The lowest BCUT2D eigenvalue weighted by Gasteiger charge is -2.19. The predicted molar refractivity (Wildman–Crippen MR) is 131 cm³/mol. The topological polar surface area (TPSA) is 97.4 Å². The van der Waals surface area contributed by atoms with Gasteiger partial charge in [0.2, 0.25) is 0 Å². The number of phosphoric ester groups is 1. The molecule has 0 aromatic heterocycles. The molecule has 0 spiro atoms. The molecule has 3 aromatic carbocycles. The van der Waals surface area contributed by atoms with Crippen LogP contribution in [0.2, 0.25) is 0 Å². The average Bonchev–Trinajstić information content (AvgIpc) is 2.86. The Morgan fingerprint density at radius 1 is 0.600 bits per heavy atom. The molecular formula is C24H21Cl2O8P.